The Labute approximate surface area is 188 Å². The van der Waals surface area contributed by atoms with Crippen molar-refractivity contribution in [1.29, 1.82) is 0 Å². The highest BCUT2D eigenvalue weighted by Crippen LogP contribution is 2.34. The molecule has 4 rings (SSSR count). The van der Waals surface area contributed by atoms with Crippen molar-refractivity contribution in [3.63, 3.8) is 0 Å². The molecular weight excluding hydrogens is 430 g/mol. The number of rotatable bonds is 8. The molecule has 2 aromatic heterocycles. The molecule has 8 heteroatoms. The molecule has 0 aliphatic carbocycles. The zero-order valence-electron chi connectivity index (χ0n) is 17.9. The number of aromatic nitrogens is 1. The third-order valence-corrected chi connectivity index (χ3v) is 5.37. The Balaban J connectivity index is 1.74. The first-order valence-electron chi connectivity index (χ1n) is 10.4. The van der Waals surface area contributed by atoms with Crippen molar-refractivity contribution in [2.75, 3.05) is 0 Å². The van der Waals surface area contributed by atoms with Crippen LogP contribution in [0.15, 0.2) is 53.1 Å². The number of nitrogens with two attached hydrogens (primary N) is 1. The van der Waals surface area contributed by atoms with Crippen LogP contribution in [0.3, 0.4) is 0 Å². The van der Waals surface area contributed by atoms with Crippen LogP contribution in [0.4, 0.5) is 8.78 Å². The number of aliphatic carboxylic acids is 1. The fourth-order valence-corrected chi connectivity index (χ4v) is 3.73. The predicted molar refractivity (Wildman–Crippen MR) is 119 cm³/mol. The quantitative estimate of drug-likeness (QED) is 0.390. The van der Waals surface area contributed by atoms with Crippen molar-refractivity contribution in [3.05, 3.63) is 82.9 Å². The summed E-state index contributed by atoms with van der Waals surface area (Å²) in [6.45, 7) is 1.97. The molecule has 2 heterocycles. The largest absolute Gasteiger partial charge is 0.489 e. The Hall–Kier alpha value is -3.78. The van der Waals surface area contributed by atoms with Crippen LogP contribution in [-0.2, 0) is 30.8 Å². The summed E-state index contributed by atoms with van der Waals surface area (Å²) >= 11 is 0. The molecule has 33 heavy (non-hydrogen) atoms. The van der Waals surface area contributed by atoms with Gasteiger partial charge in [-0.25, -0.2) is 4.39 Å². The summed E-state index contributed by atoms with van der Waals surface area (Å²) in [4.78, 5) is 15.2. The van der Waals surface area contributed by atoms with E-state index >= 15 is 0 Å². The van der Waals surface area contributed by atoms with Gasteiger partial charge in [0.1, 0.15) is 17.9 Å². The normalized spacial score (nSPS) is 11.2. The fourth-order valence-electron chi connectivity index (χ4n) is 3.73. The second kappa shape index (κ2) is 9.38. The van der Waals surface area contributed by atoms with Gasteiger partial charge in [0.15, 0.2) is 5.82 Å². The summed E-state index contributed by atoms with van der Waals surface area (Å²) < 4.78 is 40.1. The summed E-state index contributed by atoms with van der Waals surface area (Å²) in [5.41, 5.74) is 8.57. The smallest absolute Gasteiger partial charge is 0.307 e. The van der Waals surface area contributed by atoms with Crippen molar-refractivity contribution >= 4 is 16.9 Å². The Morgan fingerprint density at radius 3 is 2.67 bits per heavy atom. The molecule has 0 saturated carbocycles. The van der Waals surface area contributed by atoms with E-state index in [-0.39, 0.29) is 36.4 Å². The van der Waals surface area contributed by atoms with Crippen molar-refractivity contribution in [1.82, 2.24) is 4.98 Å². The summed E-state index contributed by atoms with van der Waals surface area (Å²) in [6, 6.07) is 10.7. The minimum atomic E-state index is -0.967. The molecule has 0 unspecified atom stereocenters. The lowest BCUT2D eigenvalue weighted by molar-refractivity contribution is -0.136. The monoisotopic (exact) mass is 452 g/mol. The number of hydrogen-bond donors (Lipinski definition) is 2. The number of nitrogens with zero attached hydrogens (tertiary/aromatic N) is 1. The van der Waals surface area contributed by atoms with Gasteiger partial charge in [0.2, 0.25) is 0 Å². The van der Waals surface area contributed by atoms with Crippen LogP contribution in [-0.4, -0.2) is 16.1 Å². The van der Waals surface area contributed by atoms with Crippen LogP contribution < -0.4 is 10.5 Å². The van der Waals surface area contributed by atoms with E-state index in [4.69, 9.17) is 14.9 Å². The van der Waals surface area contributed by atoms with Crippen LogP contribution in [0.1, 0.15) is 29.3 Å². The van der Waals surface area contributed by atoms with Crippen LogP contribution in [0, 0.1) is 11.8 Å². The lowest BCUT2D eigenvalue weighted by atomic mass is 10.00. The van der Waals surface area contributed by atoms with E-state index in [0.29, 0.717) is 27.8 Å². The molecule has 0 aliphatic rings. The van der Waals surface area contributed by atoms with E-state index < -0.39 is 17.8 Å². The maximum atomic E-state index is 15.0. The number of benzene rings is 2. The molecule has 0 radical (unpaired) electrons. The standard InChI is InChI=1S/C25H22F2N2O4/c1-2-14-3-4-16(11-23(30)31)21(9-14)32-13-15-7-17-10-22(26)33-25(17)19(8-15)18-5-6-29-20(12-28)24(18)27/h3-10H,2,11-13,28H2,1H3,(H,30,31). The van der Waals surface area contributed by atoms with Crippen molar-refractivity contribution < 1.29 is 27.8 Å². The number of halogens is 2. The SMILES string of the molecule is CCc1ccc(CC(=O)O)c(OCc2cc(-c3ccnc(CN)c3F)c3oc(F)cc3c2)c1. The van der Waals surface area contributed by atoms with Gasteiger partial charge in [-0.2, -0.15) is 4.39 Å². The Morgan fingerprint density at radius 1 is 1.12 bits per heavy atom. The van der Waals surface area contributed by atoms with Crippen LogP contribution in [0.5, 0.6) is 5.75 Å². The van der Waals surface area contributed by atoms with Gasteiger partial charge in [-0.05, 0) is 41.8 Å². The number of ether oxygens (including phenoxy) is 1. The van der Waals surface area contributed by atoms with E-state index in [1.807, 2.05) is 19.1 Å². The zero-order valence-corrected chi connectivity index (χ0v) is 17.9. The second-order valence-electron chi connectivity index (χ2n) is 7.59. The molecule has 0 aliphatic heterocycles. The van der Waals surface area contributed by atoms with E-state index in [2.05, 4.69) is 4.98 Å². The first-order chi connectivity index (χ1) is 15.9. The first-order valence-corrected chi connectivity index (χ1v) is 10.4. The Bertz CT molecular complexity index is 1330. The highest BCUT2D eigenvalue weighted by molar-refractivity contribution is 5.93. The number of fused-ring (bicyclic) bond motifs is 1. The van der Waals surface area contributed by atoms with Gasteiger partial charge in [-0.1, -0.05) is 19.1 Å². The molecule has 170 valence electrons. The molecule has 0 bridgehead atoms. The number of carboxylic acids is 1. The number of furan rings is 1. The Morgan fingerprint density at radius 2 is 1.94 bits per heavy atom. The van der Waals surface area contributed by atoms with Crippen LogP contribution in [0.2, 0.25) is 0 Å². The summed E-state index contributed by atoms with van der Waals surface area (Å²) in [6.07, 6.45) is 2.02. The van der Waals surface area contributed by atoms with Crippen LogP contribution in [0.25, 0.3) is 22.1 Å². The van der Waals surface area contributed by atoms with Gasteiger partial charge >= 0.3 is 5.97 Å². The lowest BCUT2D eigenvalue weighted by Gasteiger charge is -2.14. The van der Waals surface area contributed by atoms with Gasteiger partial charge in [-0.3, -0.25) is 9.78 Å². The topological polar surface area (TPSA) is 98.6 Å². The third kappa shape index (κ3) is 4.70. The average molecular weight is 452 g/mol. The van der Waals surface area contributed by atoms with Gasteiger partial charge in [-0.15, -0.1) is 0 Å². The van der Waals surface area contributed by atoms with Gasteiger partial charge in [0.25, 0.3) is 6.01 Å². The highest BCUT2D eigenvalue weighted by atomic mass is 19.1. The van der Waals surface area contributed by atoms with E-state index in [9.17, 15) is 18.7 Å². The number of hydrogen-bond acceptors (Lipinski definition) is 5. The van der Waals surface area contributed by atoms with Gasteiger partial charge < -0.3 is 20.0 Å². The van der Waals surface area contributed by atoms with E-state index in [1.165, 1.54) is 18.3 Å². The third-order valence-electron chi connectivity index (χ3n) is 5.37. The predicted octanol–water partition coefficient (Wildman–Crippen LogP) is 5.00. The molecular formula is C25H22F2N2O4. The number of carboxylic acid groups (broad SMARTS) is 1. The molecule has 0 spiro atoms. The maximum Gasteiger partial charge on any atom is 0.307 e. The first kappa shape index (κ1) is 22.4. The fraction of sp³-hybridized carbons (Fsp3) is 0.200. The summed E-state index contributed by atoms with van der Waals surface area (Å²) in [7, 11) is 0. The Kier molecular flexibility index (Phi) is 6.37. The molecule has 2 aromatic carbocycles. The van der Waals surface area contributed by atoms with Gasteiger partial charge in [0, 0.05) is 40.9 Å². The van der Waals surface area contributed by atoms with Crippen molar-refractivity contribution in [3.8, 4) is 16.9 Å². The average Bonchev–Trinajstić information content (AvgIpc) is 3.18. The van der Waals surface area contributed by atoms with Crippen molar-refractivity contribution in [2.24, 2.45) is 5.73 Å². The number of pyridine rings is 1. The van der Waals surface area contributed by atoms with Crippen LogP contribution >= 0.6 is 0 Å². The molecule has 6 nitrogen and oxygen atoms in total. The highest BCUT2D eigenvalue weighted by Gasteiger charge is 2.18. The number of carbonyl (C=O) groups is 1. The molecule has 0 amide bonds. The van der Waals surface area contributed by atoms with Crippen molar-refractivity contribution in [2.45, 2.75) is 32.9 Å². The van der Waals surface area contributed by atoms with E-state index in [0.717, 1.165) is 12.0 Å². The molecule has 0 saturated heterocycles. The maximum absolute atomic E-state index is 15.0. The minimum absolute atomic E-state index is 0.0615. The lowest BCUT2D eigenvalue weighted by Crippen LogP contribution is -2.05. The summed E-state index contributed by atoms with van der Waals surface area (Å²) in [5.74, 6) is -1.11. The second-order valence-corrected chi connectivity index (χ2v) is 7.59. The molecule has 3 N–H and O–H groups in total. The minimum Gasteiger partial charge on any atom is -0.489 e. The number of aryl methyl sites for hydroxylation is 1. The molecule has 0 fully saturated rings. The van der Waals surface area contributed by atoms with E-state index in [1.54, 1.807) is 18.2 Å². The molecule has 0 atom stereocenters. The van der Waals surface area contributed by atoms with Gasteiger partial charge in [0.05, 0.1) is 12.1 Å². The molecule has 4 aromatic rings. The zero-order chi connectivity index (χ0) is 23.5. The summed E-state index contributed by atoms with van der Waals surface area (Å²) in [5, 5.41) is 9.65.